The second kappa shape index (κ2) is 4.86. The third kappa shape index (κ3) is 2.19. The largest absolute Gasteiger partial charge is 0.289 e. The van der Waals surface area contributed by atoms with Crippen LogP contribution in [-0.4, -0.2) is 4.92 Å². The molecule has 0 N–H and O–H groups in total. The Morgan fingerprint density at radius 1 is 1.00 bits per heavy atom. The van der Waals surface area contributed by atoms with E-state index in [-0.39, 0.29) is 11.1 Å². The molecule has 0 aliphatic carbocycles. The topological polar surface area (TPSA) is 60.2 Å². The smallest absolute Gasteiger partial charge is 0.269 e. The van der Waals surface area contributed by atoms with Gasteiger partial charge in [0.25, 0.3) is 5.69 Å². The van der Waals surface area contributed by atoms with Gasteiger partial charge in [0.1, 0.15) is 0 Å². The first-order chi connectivity index (χ1) is 9.65. The van der Waals surface area contributed by atoms with E-state index < -0.39 is 4.92 Å². The molecule has 1 aromatic heterocycles. The van der Waals surface area contributed by atoms with E-state index in [1.165, 1.54) is 23.5 Å². The molecule has 2 aromatic carbocycles. The molecule has 4 nitrogen and oxygen atoms in total. The van der Waals surface area contributed by atoms with Gasteiger partial charge in [0.05, 0.1) is 4.92 Å². The number of non-ortho nitro benzene ring substituents is 1. The molecule has 20 heavy (non-hydrogen) atoms. The quantitative estimate of drug-likeness (QED) is 0.530. The fourth-order valence-corrected chi connectivity index (χ4v) is 3.08. The van der Waals surface area contributed by atoms with Crippen molar-refractivity contribution >= 4 is 27.1 Å². The molecule has 0 saturated heterocycles. The fraction of sp³-hybridized carbons (Fsp3) is 0. The molecule has 1 heterocycles. The highest BCUT2D eigenvalue weighted by molar-refractivity contribution is 7.21. The van der Waals surface area contributed by atoms with Crippen LogP contribution >= 0.6 is 11.3 Å². The maximum atomic E-state index is 12.0. The van der Waals surface area contributed by atoms with E-state index >= 15 is 0 Å². The molecule has 3 rings (SSSR count). The molecule has 0 amide bonds. The Bertz CT molecular complexity index is 853. The fourth-order valence-electron chi connectivity index (χ4n) is 1.99. The van der Waals surface area contributed by atoms with Gasteiger partial charge < -0.3 is 0 Å². The molecule has 0 atom stereocenters. The predicted octanol–water partition coefficient (Wildman–Crippen LogP) is 3.84. The second-order valence-electron chi connectivity index (χ2n) is 4.28. The van der Waals surface area contributed by atoms with Crippen LogP contribution in [0.2, 0.25) is 0 Å². The molecule has 0 fully saturated rings. The minimum Gasteiger partial charge on any atom is -0.289 e. The summed E-state index contributed by atoms with van der Waals surface area (Å²) < 4.78 is 0.911. The van der Waals surface area contributed by atoms with E-state index in [2.05, 4.69) is 0 Å². The third-order valence-corrected chi connectivity index (χ3v) is 4.15. The summed E-state index contributed by atoms with van der Waals surface area (Å²) >= 11 is 1.50. The van der Waals surface area contributed by atoms with Crippen LogP contribution in [0.5, 0.6) is 0 Å². The molecule has 0 aliphatic heterocycles. The number of rotatable bonds is 2. The minimum atomic E-state index is -0.438. The molecule has 98 valence electrons. The predicted molar refractivity (Wildman–Crippen MR) is 80.2 cm³/mol. The van der Waals surface area contributed by atoms with Crippen molar-refractivity contribution in [1.29, 1.82) is 0 Å². The number of hydrogen-bond acceptors (Lipinski definition) is 4. The van der Waals surface area contributed by atoms with Gasteiger partial charge in [-0.25, -0.2) is 0 Å². The van der Waals surface area contributed by atoms with Crippen molar-refractivity contribution in [3.63, 3.8) is 0 Å². The number of benzene rings is 2. The van der Waals surface area contributed by atoms with Gasteiger partial charge >= 0.3 is 0 Å². The average molecular weight is 283 g/mol. The molecule has 3 aromatic rings. The summed E-state index contributed by atoms with van der Waals surface area (Å²) in [5.74, 6) is 0. The Kier molecular flexibility index (Phi) is 3.04. The Hall–Kier alpha value is -2.53. The first-order valence-electron chi connectivity index (χ1n) is 5.93. The zero-order valence-corrected chi connectivity index (χ0v) is 11.1. The van der Waals surface area contributed by atoms with E-state index in [4.69, 9.17) is 0 Å². The molecular formula is C15H9NO3S. The highest BCUT2D eigenvalue weighted by Gasteiger charge is 2.08. The zero-order valence-electron chi connectivity index (χ0n) is 10.3. The van der Waals surface area contributed by atoms with Gasteiger partial charge in [-0.15, -0.1) is 11.3 Å². The summed E-state index contributed by atoms with van der Waals surface area (Å²) in [5.41, 5.74) is 0.818. The summed E-state index contributed by atoms with van der Waals surface area (Å²) in [6.45, 7) is 0. The molecule has 0 spiro atoms. The molecule has 0 radical (unpaired) electrons. The van der Waals surface area contributed by atoms with Crippen LogP contribution < -0.4 is 5.43 Å². The van der Waals surface area contributed by atoms with Crippen molar-refractivity contribution in [2.45, 2.75) is 0 Å². The molecule has 0 bridgehead atoms. The first kappa shape index (κ1) is 12.5. The normalized spacial score (nSPS) is 10.6. The van der Waals surface area contributed by atoms with Gasteiger partial charge in [0, 0.05) is 33.2 Å². The average Bonchev–Trinajstić information content (AvgIpc) is 2.47. The summed E-state index contributed by atoms with van der Waals surface area (Å²) in [7, 11) is 0. The van der Waals surface area contributed by atoms with Gasteiger partial charge in [-0.05, 0) is 29.8 Å². The Labute approximate surface area is 118 Å². The summed E-state index contributed by atoms with van der Waals surface area (Å²) in [6.07, 6.45) is 0. The van der Waals surface area contributed by atoms with Gasteiger partial charge in [-0.3, -0.25) is 14.9 Å². The van der Waals surface area contributed by atoms with Crippen molar-refractivity contribution < 1.29 is 4.92 Å². The highest BCUT2D eigenvalue weighted by Crippen LogP contribution is 2.28. The van der Waals surface area contributed by atoms with E-state index in [9.17, 15) is 14.9 Å². The van der Waals surface area contributed by atoms with Crippen LogP contribution in [0.3, 0.4) is 0 Å². The van der Waals surface area contributed by atoms with Crippen LogP contribution in [0, 0.1) is 10.1 Å². The molecule has 0 aliphatic rings. The van der Waals surface area contributed by atoms with E-state index in [0.29, 0.717) is 5.39 Å². The highest BCUT2D eigenvalue weighted by atomic mass is 32.1. The lowest BCUT2D eigenvalue weighted by Gasteiger charge is -2.02. The molecule has 0 saturated carbocycles. The number of nitro groups is 1. The second-order valence-corrected chi connectivity index (χ2v) is 5.36. The maximum Gasteiger partial charge on any atom is 0.269 e. The van der Waals surface area contributed by atoms with Gasteiger partial charge in [-0.2, -0.15) is 0 Å². The van der Waals surface area contributed by atoms with Crippen LogP contribution in [0.1, 0.15) is 0 Å². The third-order valence-electron chi connectivity index (χ3n) is 3.00. The zero-order chi connectivity index (χ0) is 14.1. The van der Waals surface area contributed by atoms with Crippen LogP contribution in [0.25, 0.3) is 20.5 Å². The van der Waals surface area contributed by atoms with E-state index in [1.807, 2.05) is 18.2 Å². The first-order valence-corrected chi connectivity index (χ1v) is 6.74. The Morgan fingerprint density at radius 3 is 2.40 bits per heavy atom. The molecular weight excluding hydrogens is 274 g/mol. The van der Waals surface area contributed by atoms with Gasteiger partial charge in [-0.1, -0.05) is 12.1 Å². The van der Waals surface area contributed by atoms with Crippen molar-refractivity contribution in [3.8, 4) is 10.4 Å². The SMILES string of the molecule is O=c1cc(-c2ccc([N+](=O)[O-])cc2)sc2ccccc12. The Morgan fingerprint density at radius 2 is 1.70 bits per heavy atom. The monoisotopic (exact) mass is 283 g/mol. The minimum absolute atomic E-state index is 0.0345. The number of fused-ring (bicyclic) bond motifs is 1. The number of nitro benzene ring substituents is 1. The van der Waals surface area contributed by atoms with Crippen LogP contribution in [0.15, 0.2) is 59.4 Å². The maximum absolute atomic E-state index is 12.0. The van der Waals surface area contributed by atoms with Crippen LogP contribution in [-0.2, 0) is 0 Å². The number of nitrogens with zero attached hydrogens (tertiary/aromatic N) is 1. The number of hydrogen-bond donors (Lipinski definition) is 0. The van der Waals surface area contributed by atoms with Crippen molar-refractivity contribution in [2.24, 2.45) is 0 Å². The Balaban J connectivity index is 2.14. The summed E-state index contributed by atoms with van der Waals surface area (Å²) in [5, 5.41) is 11.3. The van der Waals surface area contributed by atoms with E-state index in [1.54, 1.807) is 24.3 Å². The van der Waals surface area contributed by atoms with Crippen molar-refractivity contribution in [3.05, 3.63) is 74.9 Å². The lowest BCUT2D eigenvalue weighted by atomic mass is 10.1. The lowest BCUT2D eigenvalue weighted by Crippen LogP contribution is -1.98. The van der Waals surface area contributed by atoms with Gasteiger partial charge in [0.15, 0.2) is 5.43 Å². The summed E-state index contributed by atoms with van der Waals surface area (Å²) in [6, 6.07) is 15.2. The molecule has 0 unspecified atom stereocenters. The van der Waals surface area contributed by atoms with E-state index in [0.717, 1.165) is 15.1 Å². The van der Waals surface area contributed by atoms with Crippen LogP contribution in [0.4, 0.5) is 5.69 Å². The standard InChI is InChI=1S/C15H9NO3S/c17-13-9-15(20-14-4-2-1-3-12(13)14)10-5-7-11(8-6-10)16(18)19/h1-9H. The lowest BCUT2D eigenvalue weighted by molar-refractivity contribution is -0.384. The van der Waals surface area contributed by atoms with Gasteiger partial charge in [0.2, 0.25) is 0 Å². The van der Waals surface area contributed by atoms with Crippen molar-refractivity contribution in [2.75, 3.05) is 0 Å². The molecule has 5 heteroatoms. The summed E-state index contributed by atoms with van der Waals surface area (Å²) in [4.78, 5) is 23.1. The van der Waals surface area contributed by atoms with Crippen molar-refractivity contribution in [1.82, 2.24) is 0 Å².